The van der Waals surface area contributed by atoms with Crippen LogP contribution in [0.2, 0.25) is 0 Å². The minimum atomic E-state index is 0.0129. The van der Waals surface area contributed by atoms with E-state index in [9.17, 15) is 0 Å². The van der Waals surface area contributed by atoms with Gasteiger partial charge in [-0.15, -0.1) is 0 Å². The Morgan fingerprint density at radius 1 is 0.462 bits per heavy atom. The fourth-order valence-corrected chi connectivity index (χ4v) is 9.11. The van der Waals surface area contributed by atoms with E-state index in [1.807, 2.05) is 0 Å². The van der Waals surface area contributed by atoms with E-state index in [-0.39, 0.29) is 5.41 Å². The molecule has 0 N–H and O–H groups in total. The molecule has 11 rings (SSSR count). The Morgan fingerprint density at radius 3 is 1.65 bits per heavy atom. The lowest BCUT2D eigenvalue weighted by molar-refractivity contribution is 0.600. The molecule has 248 valence electrons. The van der Waals surface area contributed by atoms with Crippen molar-refractivity contribution in [1.82, 2.24) is 13.7 Å². The highest BCUT2D eigenvalue weighted by molar-refractivity contribution is 6.19. The van der Waals surface area contributed by atoms with Crippen molar-refractivity contribution in [3.05, 3.63) is 175 Å². The summed E-state index contributed by atoms with van der Waals surface area (Å²) >= 11 is 0. The van der Waals surface area contributed by atoms with Gasteiger partial charge in [0, 0.05) is 54.8 Å². The third kappa shape index (κ3) is 4.20. The predicted octanol–water partition coefficient (Wildman–Crippen LogP) is 13.0. The second-order valence-corrected chi connectivity index (χ2v) is 14.7. The van der Waals surface area contributed by atoms with E-state index in [1.165, 1.54) is 88.1 Å². The van der Waals surface area contributed by atoms with E-state index < -0.39 is 0 Å². The number of benzene rings is 6. The molecule has 1 unspecified atom stereocenters. The molecule has 0 fully saturated rings. The zero-order valence-corrected chi connectivity index (χ0v) is 29.1. The van der Waals surface area contributed by atoms with E-state index in [0.717, 1.165) is 19.3 Å². The standard InChI is InChI=1S/C49H37N3/c1-49(28-12-3-13-29-49)33-22-24-35(25-23-33)51-44-20-10-7-17-38(44)41-31-42-39-18-8-11-21-45(39)52(48(42)32-47(41)51)36-26-27-46-40(30-36)37-16-6-9-19-43(37)50(46)34-14-4-2-5-15-34/h2-4,6-14,16-28,30-32H,5,15,29H2,1H3. The van der Waals surface area contributed by atoms with Crippen LogP contribution in [0.5, 0.6) is 0 Å². The van der Waals surface area contributed by atoms with Crippen LogP contribution in [0.3, 0.4) is 0 Å². The number of fused-ring (bicyclic) bond motifs is 9. The van der Waals surface area contributed by atoms with Crippen LogP contribution in [-0.4, -0.2) is 13.7 Å². The molecule has 3 heterocycles. The number of nitrogens with zero attached hydrogens (tertiary/aromatic N) is 3. The first-order valence-electron chi connectivity index (χ1n) is 18.5. The van der Waals surface area contributed by atoms with Crippen molar-refractivity contribution in [2.45, 2.75) is 31.6 Å². The van der Waals surface area contributed by atoms with E-state index >= 15 is 0 Å². The maximum Gasteiger partial charge on any atom is 0.0562 e. The third-order valence-corrected chi connectivity index (χ3v) is 11.7. The lowest BCUT2D eigenvalue weighted by Gasteiger charge is -2.27. The van der Waals surface area contributed by atoms with Gasteiger partial charge in [0.05, 0.1) is 33.1 Å². The summed E-state index contributed by atoms with van der Waals surface area (Å²) in [6.45, 7) is 2.33. The molecule has 2 aliphatic carbocycles. The van der Waals surface area contributed by atoms with Crippen molar-refractivity contribution < 1.29 is 0 Å². The highest BCUT2D eigenvalue weighted by Gasteiger charge is 2.24. The molecular weight excluding hydrogens is 631 g/mol. The minimum Gasteiger partial charge on any atom is -0.313 e. The summed E-state index contributed by atoms with van der Waals surface area (Å²) in [5.74, 6) is 0. The molecule has 6 aromatic carbocycles. The van der Waals surface area contributed by atoms with Gasteiger partial charge in [0.15, 0.2) is 0 Å². The van der Waals surface area contributed by atoms with E-state index in [0.29, 0.717) is 0 Å². The zero-order valence-electron chi connectivity index (χ0n) is 29.1. The van der Waals surface area contributed by atoms with Crippen molar-refractivity contribution in [3.63, 3.8) is 0 Å². The molecule has 1 atom stereocenters. The first-order chi connectivity index (χ1) is 25.7. The predicted molar refractivity (Wildman–Crippen MR) is 221 cm³/mol. The molecule has 0 aliphatic heterocycles. The second kappa shape index (κ2) is 11.1. The summed E-state index contributed by atoms with van der Waals surface area (Å²) in [4.78, 5) is 0. The van der Waals surface area contributed by atoms with Crippen LogP contribution in [0, 0.1) is 0 Å². The molecule has 0 spiro atoms. The summed E-state index contributed by atoms with van der Waals surface area (Å²) in [5, 5.41) is 7.65. The van der Waals surface area contributed by atoms with Gasteiger partial charge in [-0.2, -0.15) is 0 Å². The maximum atomic E-state index is 2.48. The first-order valence-corrected chi connectivity index (χ1v) is 18.5. The zero-order chi connectivity index (χ0) is 34.4. The van der Waals surface area contributed by atoms with Gasteiger partial charge < -0.3 is 13.7 Å². The molecule has 3 heteroatoms. The first kappa shape index (κ1) is 29.4. The van der Waals surface area contributed by atoms with Crippen LogP contribution in [-0.2, 0) is 5.41 Å². The Balaban J connectivity index is 1.17. The van der Waals surface area contributed by atoms with Crippen molar-refractivity contribution in [1.29, 1.82) is 0 Å². The Kier molecular flexibility index (Phi) is 6.27. The fourth-order valence-electron chi connectivity index (χ4n) is 9.11. The maximum absolute atomic E-state index is 2.48. The van der Waals surface area contributed by atoms with E-state index in [1.54, 1.807) is 0 Å². The number of rotatable bonds is 4. The van der Waals surface area contributed by atoms with Gasteiger partial charge in [-0.1, -0.05) is 110 Å². The normalized spacial score (nSPS) is 17.4. The summed E-state index contributed by atoms with van der Waals surface area (Å²) in [6, 6.07) is 47.8. The van der Waals surface area contributed by atoms with Crippen molar-refractivity contribution in [2.24, 2.45) is 0 Å². The Labute approximate surface area is 302 Å². The number of aromatic nitrogens is 3. The van der Waals surface area contributed by atoms with Crippen molar-refractivity contribution in [3.8, 4) is 11.4 Å². The highest BCUT2D eigenvalue weighted by atomic mass is 15.0. The average molecular weight is 668 g/mol. The van der Waals surface area contributed by atoms with Crippen LogP contribution >= 0.6 is 0 Å². The largest absolute Gasteiger partial charge is 0.313 e. The average Bonchev–Trinajstić information content (AvgIpc) is 3.83. The summed E-state index contributed by atoms with van der Waals surface area (Å²) in [5.41, 5.74) is 12.4. The van der Waals surface area contributed by atoms with Crippen LogP contribution in [0.15, 0.2) is 170 Å². The van der Waals surface area contributed by atoms with Crippen LogP contribution in [0.1, 0.15) is 31.7 Å². The molecule has 3 nitrogen and oxygen atoms in total. The Morgan fingerprint density at radius 2 is 1.04 bits per heavy atom. The Hall–Kier alpha value is -6.32. The van der Waals surface area contributed by atoms with E-state index in [4.69, 9.17) is 0 Å². The molecule has 0 radical (unpaired) electrons. The van der Waals surface area contributed by atoms with Gasteiger partial charge in [-0.05, 0) is 91.6 Å². The monoisotopic (exact) mass is 667 g/mol. The lowest BCUT2D eigenvalue weighted by Crippen LogP contribution is -2.19. The number of para-hydroxylation sites is 3. The van der Waals surface area contributed by atoms with Crippen LogP contribution in [0.25, 0.3) is 82.5 Å². The van der Waals surface area contributed by atoms with Crippen LogP contribution in [0.4, 0.5) is 0 Å². The fraction of sp³-hybridized carbons (Fsp3) is 0.102. The second-order valence-electron chi connectivity index (χ2n) is 14.7. The van der Waals surface area contributed by atoms with Gasteiger partial charge in [0.2, 0.25) is 0 Å². The Bertz CT molecular complexity index is 3040. The number of hydrogen-bond acceptors (Lipinski definition) is 0. The third-order valence-electron chi connectivity index (χ3n) is 11.7. The van der Waals surface area contributed by atoms with Gasteiger partial charge in [-0.3, -0.25) is 0 Å². The topological polar surface area (TPSA) is 14.8 Å². The summed E-state index contributed by atoms with van der Waals surface area (Å²) in [7, 11) is 0. The number of allylic oxidation sites excluding steroid dienone is 8. The molecule has 0 amide bonds. The molecule has 0 bridgehead atoms. The minimum absolute atomic E-state index is 0.0129. The molecular formula is C49H37N3. The van der Waals surface area contributed by atoms with E-state index in [2.05, 4.69) is 191 Å². The SMILES string of the molecule is CC1(c2ccc(-n3c4ccccc4c4cc5c6ccccc6n(-c6ccc7c(c6)c6ccccc6n7C6=CC=CCC6)c5cc43)cc2)C=CC=CC1. The van der Waals surface area contributed by atoms with Crippen LogP contribution < -0.4 is 0 Å². The quantitative estimate of drug-likeness (QED) is 0.177. The molecule has 2 aliphatic rings. The summed E-state index contributed by atoms with van der Waals surface area (Å²) < 4.78 is 7.41. The molecule has 9 aromatic rings. The molecule has 52 heavy (non-hydrogen) atoms. The molecule has 0 saturated carbocycles. The summed E-state index contributed by atoms with van der Waals surface area (Å²) in [6.07, 6.45) is 18.8. The highest BCUT2D eigenvalue weighted by Crippen LogP contribution is 2.42. The van der Waals surface area contributed by atoms with Gasteiger partial charge >= 0.3 is 0 Å². The van der Waals surface area contributed by atoms with Gasteiger partial charge in [0.25, 0.3) is 0 Å². The van der Waals surface area contributed by atoms with Crippen molar-refractivity contribution in [2.75, 3.05) is 0 Å². The molecule has 0 saturated heterocycles. The van der Waals surface area contributed by atoms with Gasteiger partial charge in [0.1, 0.15) is 0 Å². The van der Waals surface area contributed by atoms with Crippen molar-refractivity contribution >= 4 is 71.1 Å². The van der Waals surface area contributed by atoms with Gasteiger partial charge in [-0.25, -0.2) is 0 Å². The lowest BCUT2D eigenvalue weighted by atomic mass is 9.77. The smallest absolute Gasteiger partial charge is 0.0562 e. The number of hydrogen-bond donors (Lipinski definition) is 0. The molecule has 3 aromatic heterocycles.